The van der Waals surface area contributed by atoms with Gasteiger partial charge < -0.3 is 5.73 Å². The van der Waals surface area contributed by atoms with Crippen LogP contribution in [0, 0.1) is 18.3 Å². The Morgan fingerprint density at radius 3 is 2.22 bits per heavy atom. The first-order valence-electron chi connectivity index (χ1n) is 3.06. The average Bonchev–Trinajstić information content (AvgIpc) is 1.62. The zero-order chi connectivity index (χ0) is 5.98. The maximum absolute atomic E-state index is 5.54. The Kier molecular flexibility index (Phi) is 3.68. The number of nitrogens with two attached hydrogens (primary N) is 1. The molecule has 0 heterocycles. The van der Waals surface area contributed by atoms with E-state index in [-0.39, 0.29) is 18.4 Å². The molecule has 0 aromatic heterocycles. The molecule has 1 atom stereocenters. The van der Waals surface area contributed by atoms with Crippen LogP contribution < -0.4 is 5.73 Å². The first kappa shape index (κ1) is 8.81. The highest BCUT2D eigenvalue weighted by Gasteiger charge is 2.22. The second-order valence-corrected chi connectivity index (χ2v) is 2.38. The largest absolute Gasteiger partial charge is 0.317 e. The molecular formula is C7H12ClN. The van der Waals surface area contributed by atoms with Gasteiger partial charge in [0.25, 0.3) is 0 Å². The molecule has 0 aromatic rings. The van der Waals surface area contributed by atoms with Crippen molar-refractivity contribution in [3.63, 3.8) is 0 Å². The fraction of sp³-hybridized carbons (Fsp3) is 0.714. The summed E-state index contributed by atoms with van der Waals surface area (Å²) >= 11 is 0. The minimum absolute atomic E-state index is 0. The van der Waals surface area contributed by atoms with Gasteiger partial charge in [-0.15, -0.1) is 18.8 Å². The van der Waals surface area contributed by atoms with Gasteiger partial charge in [-0.2, -0.15) is 0 Å². The van der Waals surface area contributed by atoms with Gasteiger partial charge in [0, 0.05) is 0 Å². The van der Waals surface area contributed by atoms with Crippen molar-refractivity contribution in [2.45, 2.75) is 25.3 Å². The molecule has 1 nitrogen and oxygen atoms in total. The predicted octanol–water partition coefficient (Wildman–Crippen LogP) is 1.17. The summed E-state index contributed by atoms with van der Waals surface area (Å²) in [5.74, 6) is 3.18. The van der Waals surface area contributed by atoms with E-state index < -0.39 is 0 Å². The van der Waals surface area contributed by atoms with Crippen molar-refractivity contribution in [3.8, 4) is 12.3 Å². The molecule has 2 heteroatoms. The maximum atomic E-state index is 5.54. The van der Waals surface area contributed by atoms with Gasteiger partial charge in [0.2, 0.25) is 0 Å². The van der Waals surface area contributed by atoms with Crippen molar-refractivity contribution in [3.05, 3.63) is 0 Å². The van der Waals surface area contributed by atoms with Gasteiger partial charge in [-0.05, 0) is 18.8 Å². The Morgan fingerprint density at radius 2 is 2.11 bits per heavy atom. The molecule has 52 valence electrons. The van der Waals surface area contributed by atoms with Crippen LogP contribution >= 0.6 is 12.4 Å². The maximum Gasteiger partial charge on any atom is 0.0690 e. The third-order valence-corrected chi connectivity index (χ3v) is 1.85. The fourth-order valence-corrected chi connectivity index (χ4v) is 0.935. The Hall–Kier alpha value is -0.190. The summed E-state index contributed by atoms with van der Waals surface area (Å²) in [6.45, 7) is 0. The molecule has 1 aliphatic rings. The van der Waals surface area contributed by atoms with Crippen LogP contribution in [0.5, 0.6) is 0 Å². The zero-order valence-corrected chi connectivity index (χ0v) is 6.16. The molecule has 0 radical (unpaired) electrons. The Bertz CT molecular complexity index is 113. The molecule has 0 spiro atoms. The van der Waals surface area contributed by atoms with Crippen LogP contribution in [0.25, 0.3) is 0 Å². The molecule has 9 heavy (non-hydrogen) atoms. The van der Waals surface area contributed by atoms with Gasteiger partial charge in [0.1, 0.15) is 0 Å². The number of rotatable bonds is 1. The molecule has 0 aromatic carbocycles. The summed E-state index contributed by atoms with van der Waals surface area (Å²) < 4.78 is 0. The lowest BCUT2D eigenvalue weighted by Crippen LogP contribution is -2.32. The lowest BCUT2D eigenvalue weighted by Gasteiger charge is -2.27. The number of halogens is 1. The van der Waals surface area contributed by atoms with Crippen molar-refractivity contribution < 1.29 is 0 Å². The van der Waals surface area contributed by atoms with E-state index in [1.807, 2.05) is 0 Å². The lowest BCUT2D eigenvalue weighted by atomic mass is 9.80. The van der Waals surface area contributed by atoms with Crippen molar-refractivity contribution >= 4 is 12.4 Å². The van der Waals surface area contributed by atoms with Crippen molar-refractivity contribution in [1.29, 1.82) is 0 Å². The second-order valence-electron chi connectivity index (χ2n) is 2.38. The summed E-state index contributed by atoms with van der Waals surface area (Å²) in [6.07, 6.45) is 8.91. The molecule has 0 bridgehead atoms. The molecule has 2 N–H and O–H groups in total. The average molecular weight is 146 g/mol. The minimum Gasteiger partial charge on any atom is -0.317 e. The van der Waals surface area contributed by atoms with Crippen LogP contribution in [-0.2, 0) is 0 Å². The van der Waals surface area contributed by atoms with Gasteiger partial charge in [0.05, 0.1) is 6.04 Å². The first-order chi connectivity index (χ1) is 3.84. The quantitative estimate of drug-likeness (QED) is 0.551. The van der Waals surface area contributed by atoms with Gasteiger partial charge in [-0.3, -0.25) is 0 Å². The van der Waals surface area contributed by atoms with E-state index in [0.29, 0.717) is 5.92 Å². The first-order valence-corrected chi connectivity index (χ1v) is 3.06. The minimum atomic E-state index is 0. The molecule has 1 rings (SSSR count). The highest BCUT2D eigenvalue weighted by molar-refractivity contribution is 5.85. The fourth-order valence-electron chi connectivity index (χ4n) is 0.935. The van der Waals surface area contributed by atoms with E-state index in [2.05, 4.69) is 5.92 Å². The predicted molar refractivity (Wildman–Crippen MR) is 41.4 cm³/mol. The summed E-state index contributed by atoms with van der Waals surface area (Å²) in [4.78, 5) is 0. The van der Waals surface area contributed by atoms with E-state index >= 15 is 0 Å². The molecule has 0 aliphatic heterocycles. The van der Waals surface area contributed by atoms with E-state index in [4.69, 9.17) is 12.2 Å². The SMILES string of the molecule is C#C[C@@H](N)C1CCC1.Cl. The second kappa shape index (κ2) is 3.76. The van der Waals surface area contributed by atoms with Crippen LogP contribution in [0.4, 0.5) is 0 Å². The van der Waals surface area contributed by atoms with Crippen LogP contribution in [0.3, 0.4) is 0 Å². The van der Waals surface area contributed by atoms with E-state index in [1.54, 1.807) is 0 Å². The summed E-state index contributed by atoms with van der Waals surface area (Å²) in [7, 11) is 0. The van der Waals surface area contributed by atoms with Gasteiger partial charge in [0.15, 0.2) is 0 Å². The van der Waals surface area contributed by atoms with E-state index in [0.717, 1.165) is 0 Å². The van der Waals surface area contributed by atoms with Crippen LogP contribution in [0.2, 0.25) is 0 Å². The Labute approximate surface area is 62.4 Å². The number of terminal acetylenes is 1. The van der Waals surface area contributed by atoms with Crippen molar-refractivity contribution in [2.75, 3.05) is 0 Å². The normalized spacial score (nSPS) is 20.9. The van der Waals surface area contributed by atoms with Gasteiger partial charge >= 0.3 is 0 Å². The molecule has 1 aliphatic carbocycles. The van der Waals surface area contributed by atoms with Crippen LogP contribution in [-0.4, -0.2) is 6.04 Å². The highest BCUT2D eigenvalue weighted by Crippen LogP contribution is 2.27. The smallest absolute Gasteiger partial charge is 0.0690 e. The summed E-state index contributed by atoms with van der Waals surface area (Å²) in [5.41, 5.74) is 5.54. The van der Waals surface area contributed by atoms with Crippen LogP contribution in [0.15, 0.2) is 0 Å². The monoisotopic (exact) mass is 145 g/mol. The Balaban J connectivity index is 0.000000640. The number of hydrogen-bond acceptors (Lipinski definition) is 1. The lowest BCUT2D eigenvalue weighted by molar-refractivity contribution is 0.294. The molecule has 0 unspecified atom stereocenters. The van der Waals surface area contributed by atoms with Crippen molar-refractivity contribution in [1.82, 2.24) is 0 Å². The van der Waals surface area contributed by atoms with E-state index in [1.165, 1.54) is 19.3 Å². The topological polar surface area (TPSA) is 26.0 Å². The highest BCUT2D eigenvalue weighted by atomic mass is 35.5. The third kappa shape index (κ3) is 1.89. The van der Waals surface area contributed by atoms with Gasteiger partial charge in [-0.25, -0.2) is 0 Å². The number of hydrogen-bond donors (Lipinski definition) is 1. The molecule has 0 saturated heterocycles. The molecular weight excluding hydrogens is 134 g/mol. The standard InChI is InChI=1S/C7H11N.ClH/c1-2-7(8)6-4-3-5-6;/h1,6-7H,3-5,8H2;1H/t7-;/m1./s1. The van der Waals surface area contributed by atoms with Crippen molar-refractivity contribution in [2.24, 2.45) is 11.7 Å². The zero-order valence-electron chi connectivity index (χ0n) is 5.34. The Morgan fingerprint density at radius 1 is 1.56 bits per heavy atom. The van der Waals surface area contributed by atoms with Gasteiger partial charge in [-0.1, -0.05) is 12.3 Å². The summed E-state index contributed by atoms with van der Waals surface area (Å²) in [5, 5.41) is 0. The molecule has 0 amide bonds. The molecule has 1 saturated carbocycles. The van der Waals surface area contributed by atoms with E-state index in [9.17, 15) is 0 Å². The van der Waals surface area contributed by atoms with Crippen LogP contribution in [0.1, 0.15) is 19.3 Å². The summed E-state index contributed by atoms with van der Waals surface area (Å²) in [6, 6.07) is 0.0312. The molecule has 1 fully saturated rings. The third-order valence-electron chi connectivity index (χ3n) is 1.85.